The first-order valence-electron chi connectivity index (χ1n) is 7.03. The monoisotopic (exact) mass is 337 g/mol. The molecule has 0 saturated carbocycles. The van der Waals surface area contributed by atoms with Gasteiger partial charge in [0.05, 0.1) is 11.3 Å². The van der Waals surface area contributed by atoms with Crippen molar-refractivity contribution in [2.45, 2.75) is 6.92 Å². The fourth-order valence-electron chi connectivity index (χ4n) is 2.28. The summed E-state index contributed by atoms with van der Waals surface area (Å²) in [5.41, 5.74) is 3.30. The summed E-state index contributed by atoms with van der Waals surface area (Å²) >= 11 is 1.37. The molecular weight excluding hydrogens is 326 g/mol. The van der Waals surface area contributed by atoms with Crippen LogP contribution in [-0.4, -0.2) is 35.5 Å². The number of hydrogen-bond donors (Lipinski definition) is 1. The summed E-state index contributed by atoms with van der Waals surface area (Å²) in [6.07, 6.45) is 8.00. The quantitative estimate of drug-likeness (QED) is 0.615. The first-order chi connectivity index (χ1) is 11.7. The Bertz CT molecular complexity index is 1020. The highest BCUT2D eigenvalue weighted by Gasteiger charge is 2.16. The Morgan fingerprint density at radius 3 is 2.79 bits per heavy atom. The average molecular weight is 337 g/mol. The Kier molecular flexibility index (Phi) is 3.47. The number of nitrogens with zero attached hydrogens (tertiary/aromatic N) is 6. The number of aryl methyl sites for hydroxylation is 1. The molecular formula is C15H11N7OS. The lowest BCUT2D eigenvalue weighted by Gasteiger charge is -2.07. The number of aromatic nitrogens is 6. The van der Waals surface area contributed by atoms with Crippen LogP contribution in [0.5, 0.6) is 0 Å². The average Bonchev–Trinajstić information content (AvgIpc) is 3.23. The predicted octanol–water partition coefficient (Wildman–Crippen LogP) is 2.20. The molecule has 0 unspecified atom stereocenters. The van der Waals surface area contributed by atoms with Crippen molar-refractivity contribution in [1.82, 2.24) is 29.5 Å². The van der Waals surface area contributed by atoms with Gasteiger partial charge >= 0.3 is 0 Å². The van der Waals surface area contributed by atoms with Crippen molar-refractivity contribution < 1.29 is 4.79 Å². The third kappa shape index (κ3) is 2.61. The van der Waals surface area contributed by atoms with Crippen LogP contribution in [0.1, 0.15) is 16.1 Å². The molecule has 1 amide bonds. The van der Waals surface area contributed by atoms with Gasteiger partial charge in [-0.3, -0.25) is 10.1 Å². The van der Waals surface area contributed by atoms with Gasteiger partial charge in [0.2, 0.25) is 0 Å². The van der Waals surface area contributed by atoms with Crippen LogP contribution < -0.4 is 5.32 Å². The summed E-state index contributed by atoms with van der Waals surface area (Å²) in [6.45, 7) is 1.87. The van der Waals surface area contributed by atoms with E-state index < -0.39 is 0 Å². The molecule has 0 radical (unpaired) electrons. The number of nitrogens with one attached hydrogen (secondary N) is 1. The number of anilines is 1. The van der Waals surface area contributed by atoms with Gasteiger partial charge in [0.25, 0.3) is 5.91 Å². The van der Waals surface area contributed by atoms with E-state index in [-0.39, 0.29) is 5.91 Å². The van der Waals surface area contributed by atoms with Crippen LogP contribution in [0.3, 0.4) is 0 Å². The lowest BCUT2D eigenvalue weighted by atomic mass is 10.1. The van der Waals surface area contributed by atoms with E-state index in [1.807, 2.05) is 12.3 Å². The maximum atomic E-state index is 12.7. The van der Waals surface area contributed by atoms with Gasteiger partial charge in [-0.15, -0.1) is 11.3 Å². The minimum atomic E-state index is -0.291. The Labute approximate surface area is 140 Å². The lowest BCUT2D eigenvalue weighted by Crippen LogP contribution is -2.14. The highest BCUT2D eigenvalue weighted by Crippen LogP contribution is 2.22. The van der Waals surface area contributed by atoms with Gasteiger partial charge in [-0.05, 0) is 13.0 Å². The van der Waals surface area contributed by atoms with Crippen molar-refractivity contribution in [3.8, 4) is 11.1 Å². The second-order valence-corrected chi connectivity index (χ2v) is 5.90. The zero-order valence-corrected chi connectivity index (χ0v) is 13.4. The highest BCUT2D eigenvalue weighted by molar-refractivity contribution is 7.13. The fraction of sp³-hybridized carbons (Fsp3) is 0.0667. The van der Waals surface area contributed by atoms with Crippen LogP contribution in [0.4, 0.5) is 5.13 Å². The Balaban J connectivity index is 1.78. The summed E-state index contributed by atoms with van der Waals surface area (Å²) in [5, 5.41) is 9.35. The molecule has 4 rings (SSSR count). The molecule has 24 heavy (non-hydrogen) atoms. The zero-order chi connectivity index (χ0) is 16.5. The third-order valence-electron chi connectivity index (χ3n) is 3.35. The number of hydrogen-bond acceptors (Lipinski definition) is 7. The summed E-state index contributed by atoms with van der Waals surface area (Å²) in [6, 6.07) is 1.75. The van der Waals surface area contributed by atoms with Gasteiger partial charge in [0.1, 0.15) is 12.7 Å². The number of pyridine rings is 1. The molecule has 0 aliphatic heterocycles. The summed E-state index contributed by atoms with van der Waals surface area (Å²) in [7, 11) is 0. The van der Waals surface area contributed by atoms with Gasteiger partial charge in [-0.2, -0.15) is 5.10 Å². The van der Waals surface area contributed by atoms with E-state index in [9.17, 15) is 4.79 Å². The van der Waals surface area contributed by atoms with Crippen molar-refractivity contribution >= 4 is 28.0 Å². The van der Waals surface area contributed by atoms with Crippen LogP contribution in [0.15, 0.2) is 42.7 Å². The SMILES string of the molecule is Cc1csc(NC(=O)c2cc(-c3cncnc3)cn3ncnc23)n1. The van der Waals surface area contributed by atoms with Crippen molar-refractivity contribution in [2.75, 3.05) is 5.32 Å². The number of thiazole rings is 1. The Morgan fingerprint density at radius 2 is 2.04 bits per heavy atom. The number of rotatable bonds is 3. The molecule has 4 heterocycles. The normalized spacial score (nSPS) is 10.9. The van der Waals surface area contributed by atoms with E-state index in [0.717, 1.165) is 16.8 Å². The number of amides is 1. The van der Waals surface area contributed by atoms with Crippen LogP contribution in [-0.2, 0) is 0 Å². The molecule has 0 fully saturated rings. The molecule has 4 aromatic rings. The van der Waals surface area contributed by atoms with E-state index in [1.54, 1.807) is 29.2 Å². The topological polar surface area (TPSA) is 98.0 Å². The van der Waals surface area contributed by atoms with E-state index in [1.165, 1.54) is 24.0 Å². The third-order valence-corrected chi connectivity index (χ3v) is 4.23. The zero-order valence-electron chi connectivity index (χ0n) is 12.5. The minimum absolute atomic E-state index is 0.291. The van der Waals surface area contributed by atoms with Crippen LogP contribution in [0.2, 0.25) is 0 Å². The molecule has 8 nitrogen and oxygen atoms in total. The van der Waals surface area contributed by atoms with E-state index in [4.69, 9.17) is 0 Å². The maximum Gasteiger partial charge on any atom is 0.261 e. The summed E-state index contributed by atoms with van der Waals surface area (Å²) in [5.74, 6) is -0.291. The van der Waals surface area contributed by atoms with E-state index >= 15 is 0 Å². The lowest BCUT2D eigenvalue weighted by molar-refractivity contribution is 0.102. The van der Waals surface area contributed by atoms with Crippen molar-refractivity contribution in [3.05, 3.63) is 53.9 Å². The molecule has 0 bridgehead atoms. The molecule has 1 N–H and O–H groups in total. The molecule has 118 valence electrons. The number of carbonyl (C=O) groups excluding carboxylic acids is 1. The van der Waals surface area contributed by atoms with Crippen molar-refractivity contribution in [1.29, 1.82) is 0 Å². The fourth-order valence-corrected chi connectivity index (χ4v) is 2.96. The second-order valence-electron chi connectivity index (χ2n) is 5.05. The molecule has 0 aliphatic rings. The largest absolute Gasteiger partial charge is 0.298 e. The smallest absolute Gasteiger partial charge is 0.261 e. The van der Waals surface area contributed by atoms with E-state index in [0.29, 0.717) is 16.3 Å². The molecule has 0 atom stereocenters. The molecule has 0 aliphatic carbocycles. The highest BCUT2D eigenvalue weighted by atomic mass is 32.1. The minimum Gasteiger partial charge on any atom is -0.298 e. The molecule has 0 spiro atoms. The molecule has 4 aromatic heterocycles. The first kappa shape index (κ1) is 14.4. The number of fused-ring (bicyclic) bond motifs is 1. The summed E-state index contributed by atoms with van der Waals surface area (Å²) in [4.78, 5) is 29.1. The van der Waals surface area contributed by atoms with Crippen molar-refractivity contribution in [2.24, 2.45) is 0 Å². The van der Waals surface area contributed by atoms with Crippen LogP contribution in [0, 0.1) is 6.92 Å². The van der Waals surface area contributed by atoms with Crippen LogP contribution in [0.25, 0.3) is 16.8 Å². The van der Waals surface area contributed by atoms with Crippen LogP contribution >= 0.6 is 11.3 Å². The van der Waals surface area contributed by atoms with Gasteiger partial charge < -0.3 is 0 Å². The first-order valence-corrected chi connectivity index (χ1v) is 7.91. The molecule has 0 saturated heterocycles. The van der Waals surface area contributed by atoms with Gasteiger partial charge in [0.15, 0.2) is 10.8 Å². The standard InChI is InChI=1S/C15H11N7OS/c1-9-6-24-15(20-9)21-14(23)12-2-10(11-3-16-7-17-4-11)5-22-13(12)18-8-19-22/h2-8H,1H3,(H,20,21,23). The van der Waals surface area contributed by atoms with Gasteiger partial charge in [-0.1, -0.05) is 0 Å². The number of carbonyl (C=O) groups is 1. The predicted molar refractivity (Wildman–Crippen MR) is 88.8 cm³/mol. The second kappa shape index (κ2) is 5.78. The van der Waals surface area contributed by atoms with Gasteiger partial charge in [0, 0.05) is 35.1 Å². The Hall–Kier alpha value is -3.20. The Morgan fingerprint density at radius 1 is 1.21 bits per heavy atom. The molecule has 0 aromatic carbocycles. The van der Waals surface area contributed by atoms with Gasteiger partial charge in [-0.25, -0.2) is 24.5 Å². The van der Waals surface area contributed by atoms with Crippen molar-refractivity contribution in [3.63, 3.8) is 0 Å². The van der Waals surface area contributed by atoms with E-state index in [2.05, 4.69) is 30.4 Å². The summed E-state index contributed by atoms with van der Waals surface area (Å²) < 4.78 is 1.56. The maximum absolute atomic E-state index is 12.7. The molecule has 9 heteroatoms.